The molecule has 0 N–H and O–H groups in total. The summed E-state index contributed by atoms with van der Waals surface area (Å²) in [6, 6.07) is 13.6. The van der Waals surface area contributed by atoms with Gasteiger partial charge in [-0.1, -0.05) is 30.3 Å². The SMILES string of the molecule is CCOC(=O)C(C)Oc1cc(OC(C)C(=O)OCC)c2c(-c3ccccc3)cc(=O)oc2c1. The Balaban J connectivity index is 2.15. The van der Waals surface area contributed by atoms with Gasteiger partial charge < -0.3 is 23.4 Å². The van der Waals surface area contributed by atoms with Crippen LogP contribution in [0, 0.1) is 0 Å². The largest absolute Gasteiger partial charge is 0.479 e. The molecule has 0 amide bonds. The van der Waals surface area contributed by atoms with Crippen molar-refractivity contribution < 1.29 is 33.0 Å². The number of hydrogen-bond acceptors (Lipinski definition) is 8. The lowest BCUT2D eigenvalue weighted by Gasteiger charge is -2.19. The Kier molecular flexibility index (Phi) is 7.71. The minimum Gasteiger partial charge on any atom is -0.479 e. The minimum atomic E-state index is -0.943. The molecule has 1 heterocycles. The van der Waals surface area contributed by atoms with Gasteiger partial charge in [0.1, 0.15) is 17.1 Å². The third-order valence-corrected chi connectivity index (χ3v) is 4.72. The second kappa shape index (κ2) is 10.7. The summed E-state index contributed by atoms with van der Waals surface area (Å²) in [5.74, 6) is -0.640. The molecule has 3 rings (SSSR count). The number of fused-ring (bicyclic) bond motifs is 1. The Morgan fingerprint density at radius 2 is 1.48 bits per heavy atom. The fourth-order valence-electron chi connectivity index (χ4n) is 3.26. The van der Waals surface area contributed by atoms with E-state index in [1.54, 1.807) is 33.8 Å². The van der Waals surface area contributed by atoms with Gasteiger partial charge in [-0.15, -0.1) is 0 Å². The molecule has 0 aliphatic rings. The molecular formula is C25H26O8. The zero-order valence-electron chi connectivity index (χ0n) is 19.0. The highest BCUT2D eigenvalue weighted by atomic mass is 16.6. The molecule has 0 radical (unpaired) electrons. The van der Waals surface area contributed by atoms with E-state index in [1.807, 2.05) is 30.3 Å². The molecule has 33 heavy (non-hydrogen) atoms. The van der Waals surface area contributed by atoms with E-state index in [2.05, 4.69) is 0 Å². The summed E-state index contributed by atoms with van der Waals surface area (Å²) in [4.78, 5) is 36.6. The molecule has 0 saturated heterocycles. The van der Waals surface area contributed by atoms with Gasteiger partial charge in [0.2, 0.25) is 0 Å². The Morgan fingerprint density at radius 1 is 0.879 bits per heavy atom. The van der Waals surface area contributed by atoms with Gasteiger partial charge in [-0.2, -0.15) is 0 Å². The molecule has 8 heteroatoms. The van der Waals surface area contributed by atoms with E-state index in [0.29, 0.717) is 10.9 Å². The smallest absolute Gasteiger partial charge is 0.347 e. The molecule has 0 spiro atoms. The molecule has 3 aromatic rings. The Morgan fingerprint density at radius 3 is 2.09 bits per heavy atom. The maximum Gasteiger partial charge on any atom is 0.347 e. The highest BCUT2D eigenvalue weighted by Gasteiger charge is 2.23. The van der Waals surface area contributed by atoms with Crippen molar-refractivity contribution >= 4 is 22.9 Å². The molecule has 2 unspecified atom stereocenters. The Labute approximate surface area is 191 Å². The molecule has 0 fully saturated rings. The number of carbonyl (C=O) groups excluding carboxylic acids is 2. The topological polar surface area (TPSA) is 101 Å². The lowest BCUT2D eigenvalue weighted by atomic mass is 10.0. The predicted molar refractivity (Wildman–Crippen MR) is 121 cm³/mol. The van der Waals surface area contributed by atoms with Crippen LogP contribution in [0.1, 0.15) is 27.7 Å². The summed E-state index contributed by atoms with van der Waals surface area (Å²) < 4.78 is 27.1. The van der Waals surface area contributed by atoms with Crippen molar-refractivity contribution in [3.63, 3.8) is 0 Å². The lowest BCUT2D eigenvalue weighted by molar-refractivity contribution is -0.151. The molecule has 1 aromatic heterocycles. The van der Waals surface area contributed by atoms with Crippen LogP contribution in [0.2, 0.25) is 0 Å². The van der Waals surface area contributed by atoms with Gasteiger partial charge in [0.15, 0.2) is 12.2 Å². The summed E-state index contributed by atoms with van der Waals surface area (Å²) in [5, 5.41) is 0.480. The van der Waals surface area contributed by atoms with Crippen LogP contribution in [0.15, 0.2) is 57.7 Å². The monoisotopic (exact) mass is 454 g/mol. The first-order chi connectivity index (χ1) is 15.8. The van der Waals surface area contributed by atoms with Gasteiger partial charge in [0, 0.05) is 23.8 Å². The van der Waals surface area contributed by atoms with Crippen LogP contribution in [0.4, 0.5) is 0 Å². The molecule has 0 saturated carbocycles. The summed E-state index contributed by atoms with van der Waals surface area (Å²) in [5.41, 5.74) is 0.942. The van der Waals surface area contributed by atoms with Crippen molar-refractivity contribution in [2.45, 2.75) is 39.9 Å². The summed E-state index contributed by atoms with van der Waals surface area (Å²) in [6.07, 6.45) is -1.86. The number of rotatable bonds is 9. The van der Waals surface area contributed by atoms with E-state index in [4.69, 9.17) is 23.4 Å². The normalized spacial score (nSPS) is 12.6. The zero-order chi connectivity index (χ0) is 24.0. The summed E-state index contributed by atoms with van der Waals surface area (Å²) in [7, 11) is 0. The highest BCUT2D eigenvalue weighted by molar-refractivity contribution is 5.98. The van der Waals surface area contributed by atoms with E-state index in [1.165, 1.54) is 12.1 Å². The third kappa shape index (κ3) is 5.71. The van der Waals surface area contributed by atoms with Gasteiger partial charge in [-0.25, -0.2) is 14.4 Å². The van der Waals surface area contributed by atoms with Crippen LogP contribution < -0.4 is 15.1 Å². The quantitative estimate of drug-likeness (QED) is 0.352. The van der Waals surface area contributed by atoms with Crippen molar-refractivity contribution in [1.29, 1.82) is 0 Å². The van der Waals surface area contributed by atoms with Gasteiger partial charge in [-0.3, -0.25) is 0 Å². The first-order valence-corrected chi connectivity index (χ1v) is 10.7. The van der Waals surface area contributed by atoms with Gasteiger partial charge in [0.05, 0.1) is 18.6 Å². The summed E-state index contributed by atoms with van der Waals surface area (Å²) in [6.45, 7) is 6.92. The van der Waals surface area contributed by atoms with E-state index in [0.717, 1.165) is 5.56 Å². The molecule has 174 valence electrons. The molecule has 2 aromatic carbocycles. The van der Waals surface area contributed by atoms with Crippen LogP contribution in [0.25, 0.3) is 22.1 Å². The molecule has 0 bridgehead atoms. The average Bonchev–Trinajstić information content (AvgIpc) is 2.79. The molecule has 0 aliphatic heterocycles. The van der Waals surface area contributed by atoms with Crippen LogP contribution >= 0.6 is 0 Å². The van der Waals surface area contributed by atoms with Crippen LogP contribution in [-0.4, -0.2) is 37.4 Å². The fourth-order valence-corrected chi connectivity index (χ4v) is 3.26. The van der Waals surface area contributed by atoms with Gasteiger partial charge >= 0.3 is 17.6 Å². The van der Waals surface area contributed by atoms with Crippen molar-refractivity contribution in [3.05, 3.63) is 59.0 Å². The van der Waals surface area contributed by atoms with Crippen molar-refractivity contribution in [2.75, 3.05) is 13.2 Å². The highest BCUT2D eigenvalue weighted by Crippen LogP contribution is 2.38. The van der Waals surface area contributed by atoms with Crippen LogP contribution in [0.5, 0.6) is 11.5 Å². The predicted octanol–water partition coefficient (Wildman–Crippen LogP) is 4.12. The molecule has 2 atom stereocenters. The molecule has 8 nitrogen and oxygen atoms in total. The van der Waals surface area contributed by atoms with Crippen molar-refractivity contribution in [3.8, 4) is 22.6 Å². The fraction of sp³-hybridized carbons (Fsp3) is 0.320. The Hall–Kier alpha value is -3.81. The maximum atomic E-state index is 12.3. The first-order valence-electron chi connectivity index (χ1n) is 10.7. The van der Waals surface area contributed by atoms with E-state index in [-0.39, 0.29) is 30.3 Å². The maximum absolute atomic E-state index is 12.3. The second-order valence-electron chi connectivity index (χ2n) is 7.16. The van der Waals surface area contributed by atoms with Crippen LogP contribution in [0.3, 0.4) is 0 Å². The number of hydrogen-bond donors (Lipinski definition) is 0. The van der Waals surface area contributed by atoms with E-state index in [9.17, 15) is 14.4 Å². The van der Waals surface area contributed by atoms with Gasteiger partial charge in [0.25, 0.3) is 0 Å². The van der Waals surface area contributed by atoms with Crippen molar-refractivity contribution in [1.82, 2.24) is 0 Å². The first kappa shape index (κ1) is 23.8. The zero-order valence-corrected chi connectivity index (χ0v) is 19.0. The number of ether oxygens (including phenoxy) is 4. The second-order valence-corrected chi connectivity index (χ2v) is 7.16. The van der Waals surface area contributed by atoms with Gasteiger partial charge in [-0.05, 0) is 33.3 Å². The van der Waals surface area contributed by atoms with Crippen molar-refractivity contribution in [2.24, 2.45) is 0 Å². The average molecular weight is 454 g/mol. The third-order valence-electron chi connectivity index (χ3n) is 4.72. The molecular weight excluding hydrogens is 428 g/mol. The van der Waals surface area contributed by atoms with Crippen LogP contribution in [-0.2, 0) is 19.1 Å². The van der Waals surface area contributed by atoms with E-state index >= 15 is 0 Å². The number of benzene rings is 2. The number of carbonyl (C=O) groups is 2. The Bertz CT molecular complexity index is 1180. The molecule has 0 aliphatic carbocycles. The minimum absolute atomic E-state index is 0.181. The standard InChI is InChI=1S/C25H26O8/c1-5-29-24(27)15(3)31-18-12-20(32-16(4)25(28)30-6-2)23-19(17-10-8-7-9-11-17)14-22(26)33-21(23)13-18/h7-16H,5-6H2,1-4H3. The van der Waals surface area contributed by atoms with E-state index < -0.39 is 29.8 Å². The number of esters is 2. The summed E-state index contributed by atoms with van der Waals surface area (Å²) >= 11 is 0. The lowest BCUT2D eigenvalue weighted by Crippen LogP contribution is -2.27.